The molecule has 1 aliphatic heterocycles. The highest BCUT2D eigenvalue weighted by atomic mass is 16.3. The number of imidazole rings is 1. The number of aromatic nitrogens is 6. The Labute approximate surface area is 232 Å². The van der Waals surface area contributed by atoms with Gasteiger partial charge in [-0.25, -0.2) is 19.6 Å². The normalized spacial score (nSPS) is 21.8. The number of fused-ring (bicyclic) bond motifs is 2. The number of rotatable bonds is 5. The lowest BCUT2D eigenvalue weighted by atomic mass is 9.90. The van der Waals surface area contributed by atoms with Crippen molar-refractivity contribution in [2.75, 3.05) is 39.0 Å². The third kappa shape index (κ3) is 4.51. The number of aliphatic hydroxyl groups is 1. The van der Waals surface area contributed by atoms with Gasteiger partial charge in [0.15, 0.2) is 5.65 Å². The summed E-state index contributed by atoms with van der Waals surface area (Å²) in [5, 5.41) is 16.9. The number of anilines is 1. The van der Waals surface area contributed by atoms with Crippen molar-refractivity contribution in [3.8, 4) is 11.3 Å². The molecule has 0 bridgehead atoms. The second kappa shape index (κ2) is 10.3. The smallest absolute Gasteiger partial charge is 0.164 e. The number of hydrogen-bond donors (Lipinski definition) is 3. The van der Waals surface area contributed by atoms with Crippen molar-refractivity contribution in [2.24, 2.45) is 0 Å². The monoisotopic (exact) mass is 537 g/mol. The summed E-state index contributed by atoms with van der Waals surface area (Å²) in [5.74, 6) is 0.956. The molecule has 10 nitrogen and oxygen atoms in total. The number of piperazine rings is 1. The van der Waals surface area contributed by atoms with E-state index in [0.29, 0.717) is 17.7 Å². The van der Waals surface area contributed by atoms with Crippen LogP contribution < -0.4 is 5.73 Å². The van der Waals surface area contributed by atoms with Crippen LogP contribution in [-0.4, -0.2) is 83.9 Å². The van der Waals surface area contributed by atoms with Gasteiger partial charge in [-0.3, -0.25) is 4.90 Å². The van der Waals surface area contributed by atoms with Gasteiger partial charge in [0.05, 0.1) is 22.5 Å². The van der Waals surface area contributed by atoms with Crippen molar-refractivity contribution >= 4 is 27.9 Å². The maximum Gasteiger partial charge on any atom is 0.164 e. The zero-order chi connectivity index (χ0) is 27.2. The molecule has 2 aliphatic rings. The lowest BCUT2D eigenvalue weighted by Gasteiger charge is -2.41. The number of benzene rings is 2. The fourth-order valence-corrected chi connectivity index (χ4v) is 6.39. The lowest BCUT2D eigenvalue weighted by Crippen LogP contribution is -2.49. The summed E-state index contributed by atoms with van der Waals surface area (Å²) in [7, 11) is 2.21. The first-order valence-electron chi connectivity index (χ1n) is 14.2. The zero-order valence-electron chi connectivity index (χ0n) is 22.7. The molecule has 5 aromatic rings. The zero-order valence-corrected chi connectivity index (χ0v) is 22.7. The molecule has 3 aromatic heterocycles. The SMILES string of the molecule is CN1CCN(C2CCC(n3nc(-c4ccc(C(O)c5nc6ccccc6[nH]5)cc4)c4c(N)ncnc43)CC2)CC1. The number of nitrogens with two attached hydrogens (primary N) is 1. The molecule has 0 spiro atoms. The Morgan fingerprint density at radius 2 is 1.65 bits per heavy atom. The van der Waals surface area contributed by atoms with E-state index in [-0.39, 0.29) is 6.04 Å². The van der Waals surface area contributed by atoms with Crippen molar-refractivity contribution in [1.29, 1.82) is 0 Å². The van der Waals surface area contributed by atoms with Gasteiger partial charge in [-0.15, -0.1) is 0 Å². The molecule has 10 heteroatoms. The predicted molar refractivity (Wildman–Crippen MR) is 156 cm³/mol. The van der Waals surface area contributed by atoms with Crippen LogP contribution in [0.15, 0.2) is 54.9 Å². The van der Waals surface area contributed by atoms with Crippen LogP contribution in [0.4, 0.5) is 5.82 Å². The molecule has 4 N–H and O–H groups in total. The Morgan fingerprint density at radius 1 is 0.925 bits per heavy atom. The average Bonchev–Trinajstić information content (AvgIpc) is 3.61. The van der Waals surface area contributed by atoms with E-state index in [9.17, 15) is 5.11 Å². The summed E-state index contributed by atoms with van der Waals surface area (Å²) < 4.78 is 2.08. The molecule has 2 aromatic carbocycles. The first-order valence-corrected chi connectivity index (χ1v) is 14.2. The highest BCUT2D eigenvalue weighted by Gasteiger charge is 2.30. The topological polar surface area (TPSA) is 125 Å². The molecule has 0 amide bonds. The number of para-hydroxylation sites is 2. The molecule has 1 atom stereocenters. The fraction of sp³-hybridized carbons (Fsp3) is 0.400. The van der Waals surface area contributed by atoms with Gasteiger partial charge >= 0.3 is 0 Å². The van der Waals surface area contributed by atoms with Crippen LogP contribution in [0, 0.1) is 0 Å². The largest absolute Gasteiger partial charge is 0.383 e. The maximum absolute atomic E-state index is 11.0. The highest BCUT2D eigenvalue weighted by Crippen LogP contribution is 2.37. The maximum atomic E-state index is 11.0. The minimum atomic E-state index is -0.861. The summed E-state index contributed by atoms with van der Waals surface area (Å²) >= 11 is 0. The first kappa shape index (κ1) is 25.1. The number of likely N-dealkylation sites (N-methyl/N-ethyl adjacent to an activating group) is 1. The van der Waals surface area contributed by atoms with Crippen LogP contribution in [0.2, 0.25) is 0 Å². The molecule has 0 radical (unpaired) electrons. The van der Waals surface area contributed by atoms with Gasteiger partial charge in [0.25, 0.3) is 0 Å². The van der Waals surface area contributed by atoms with Crippen LogP contribution in [0.1, 0.15) is 49.2 Å². The van der Waals surface area contributed by atoms with E-state index in [0.717, 1.165) is 77.9 Å². The molecule has 1 aliphatic carbocycles. The first-order chi connectivity index (χ1) is 19.5. The molecular formula is C30H35N9O. The van der Waals surface area contributed by atoms with Gasteiger partial charge in [-0.2, -0.15) is 5.10 Å². The Bertz CT molecular complexity index is 1590. The van der Waals surface area contributed by atoms with Gasteiger partial charge in [-0.1, -0.05) is 36.4 Å². The van der Waals surface area contributed by atoms with E-state index in [4.69, 9.17) is 10.8 Å². The second-order valence-electron chi connectivity index (χ2n) is 11.2. The Kier molecular flexibility index (Phi) is 6.45. The second-order valence-corrected chi connectivity index (χ2v) is 11.2. The van der Waals surface area contributed by atoms with Gasteiger partial charge in [0.2, 0.25) is 0 Å². The van der Waals surface area contributed by atoms with E-state index in [1.54, 1.807) is 0 Å². The Morgan fingerprint density at radius 3 is 2.40 bits per heavy atom. The highest BCUT2D eigenvalue weighted by molar-refractivity contribution is 5.98. The average molecular weight is 538 g/mol. The molecule has 206 valence electrons. The van der Waals surface area contributed by atoms with Crippen molar-refractivity contribution in [1.82, 2.24) is 39.5 Å². The number of hydrogen-bond acceptors (Lipinski definition) is 8. The van der Waals surface area contributed by atoms with Crippen LogP contribution in [0.3, 0.4) is 0 Å². The van der Waals surface area contributed by atoms with Crippen molar-refractivity contribution < 1.29 is 5.11 Å². The number of nitrogen functional groups attached to an aromatic ring is 1. The van der Waals surface area contributed by atoms with Gasteiger partial charge in [-0.05, 0) is 50.4 Å². The lowest BCUT2D eigenvalue weighted by molar-refractivity contribution is 0.0815. The molecule has 1 saturated heterocycles. The standard InChI is InChI=1S/C30H35N9O/c1-37-14-16-38(17-15-37)21-10-12-22(13-11-21)39-30-25(28(31)32-18-33-30)26(36-39)19-6-8-20(9-7-19)27(40)29-34-23-4-2-3-5-24(23)35-29/h2-9,18,21-22,27,40H,10-17H2,1H3,(H,34,35)(H2,31,32,33). The minimum absolute atomic E-state index is 0.281. The Hall–Kier alpha value is -3.86. The number of aromatic amines is 1. The predicted octanol–water partition coefficient (Wildman–Crippen LogP) is 3.76. The molecule has 2 fully saturated rings. The van der Waals surface area contributed by atoms with Crippen LogP contribution in [0.25, 0.3) is 33.3 Å². The number of H-pyrrole nitrogens is 1. The summed E-state index contributed by atoms with van der Waals surface area (Å²) in [6, 6.07) is 16.5. The number of nitrogens with one attached hydrogen (secondary N) is 1. The quantitative estimate of drug-likeness (QED) is 0.310. The summed E-state index contributed by atoms with van der Waals surface area (Å²) in [6.07, 6.45) is 5.14. The Balaban J connectivity index is 1.14. The van der Waals surface area contributed by atoms with Crippen molar-refractivity contribution in [3.63, 3.8) is 0 Å². The van der Waals surface area contributed by atoms with Crippen LogP contribution in [0.5, 0.6) is 0 Å². The molecular weight excluding hydrogens is 502 g/mol. The summed E-state index contributed by atoms with van der Waals surface area (Å²) in [6.45, 7) is 4.62. The minimum Gasteiger partial charge on any atom is -0.383 e. The fourth-order valence-electron chi connectivity index (χ4n) is 6.39. The van der Waals surface area contributed by atoms with Crippen molar-refractivity contribution in [3.05, 3.63) is 66.2 Å². The number of nitrogens with zero attached hydrogens (tertiary/aromatic N) is 7. The van der Waals surface area contributed by atoms with E-state index in [2.05, 4.69) is 41.5 Å². The summed E-state index contributed by atoms with van der Waals surface area (Å²) in [4.78, 5) is 21.8. The van der Waals surface area contributed by atoms with Crippen LogP contribution >= 0.6 is 0 Å². The third-order valence-corrected chi connectivity index (χ3v) is 8.75. The van der Waals surface area contributed by atoms with Gasteiger partial charge in [0, 0.05) is 37.8 Å². The van der Waals surface area contributed by atoms with E-state index >= 15 is 0 Å². The van der Waals surface area contributed by atoms with Crippen molar-refractivity contribution in [2.45, 2.75) is 43.9 Å². The third-order valence-electron chi connectivity index (χ3n) is 8.75. The van der Waals surface area contributed by atoms with E-state index in [1.807, 2.05) is 48.5 Å². The molecule has 4 heterocycles. The summed E-state index contributed by atoms with van der Waals surface area (Å²) in [5.41, 5.74) is 11.4. The van der Waals surface area contributed by atoms with E-state index in [1.165, 1.54) is 19.2 Å². The van der Waals surface area contributed by atoms with Gasteiger partial charge < -0.3 is 20.7 Å². The molecule has 1 unspecified atom stereocenters. The molecule has 1 saturated carbocycles. The number of aliphatic hydroxyl groups excluding tert-OH is 1. The molecule has 7 rings (SSSR count). The van der Waals surface area contributed by atoms with Gasteiger partial charge in [0.1, 0.15) is 29.8 Å². The van der Waals surface area contributed by atoms with E-state index < -0.39 is 6.10 Å². The van der Waals surface area contributed by atoms with Crippen LogP contribution in [-0.2, 0) is 0 Å². The molecule has 40 heavy (non-hydrogen) atoms.